The maximum Gasteiger partial charge on any atom is 0 e. The van der Waals surface area contributed by atoms with Crippen LogP contribution < -0.4 is 0 Å². The van der Waals surface area contributed by atoms with Crippen LogP contribution in [0.15, 0.2) is 0 Å². The molecule has 7 heavy (non-hydrogen) atoms. The van der Waals surface area contributed by atoms with Crippen molar-refractivity contribution in [3.05, 3.63) is 0 Å². The summed E-state index contributed by atoms with van der Waals surface area (Å²) in [6.45, 7) is 0. The molecule has 0 unspecified atom stereocenters. The zero-order valence-corrected chi connectivity index (χ0v) is 4.98. The van der Waals surface area contributed by atoms with Crippen LogP contribution in [0.2, 0.25) is 0 Å². The Hall–Kier alpha value is 1.28. The van der Waals surface area contributed by atoms with Crippen molar-refractivity contribution in [2.75, 3.05) is 0 Å². The van der Waals surface area contributed by atoms with E-state index in [-0.39, 0.29) is 79.8 Å². The second kappa shape index (κ2) is 175. The molecule has 0 aliphatic carbocycles. The molecule has 6 nitrogen and oxygen atoms in total. The number of hydrogen-bond donors (Lipinski definition) is 0. The predicted octanol–water partition coefficient (Wildman–Crippen LogP) is -4.95. The van der Waals surface area contributed by atoms with Crippen molar-refractivity contribution in [1.82, 2.24) is 0 Å². The van der Waals surface area contributed by atoms with Crippen LogP contribution >= 0.6 is 0 Å². The molecular weight excluding hydrogens is 269 g/mol. The molecule has 0 rings (SSSR count). The molecule has 0 radical (unpaired) electrons. The van der Waals surface area contributed by atoms with Crippen LogP contribution in [0, 0.1) is 46.9 Å². The van der Waals surface area contributed by atoms with Gasteiger partial charge in [-0.05, 0) is 0 Å². The van der Waals surface area contributed by atoms with Crippen LogP contribution in [0.4, 0.5) is 0 Å². The molecule has 0 heterocycles. The topological polar surface area (TPSA) is 189 Å². The summed E-state index contributed by atoms with van der Waals surface area (Å²) in [6.07, 6.45) is 0. The third-order valence-corrected chi connectivity index (χ3v) is 0. The van der Waals surface area contributed by atoms with E-state index in [1.807, 2.05) is 0 Å². The Morgan fingerprint density at radius 2 is 0.286 bits per heavy atom. The Balaban J connectivity index is 0. The predicted molar refractivity (Wildman–Crippen MR) is 21.7 cm³/mol. The van der Waals surface area contributed by atoms with Gasteiger partial charge in [-0.25, -0.2) is 0 Å². The van der Waals surface area contributed by atoms with E-state index in [0.717, 1.165) is 0 Å². The van der Waals surface area contributed by atoms with Gasteiger partial charge in [0.25, 0.3) is 0 Å². The Kier molecular flexibility index (Phi) is 6710. The van der Waals surface area contributed by atoms with Crippen molar-refractivity contribution in [2.45, 2.75) is 0 Å². The van der Waals surface area contributed by atoms with Crippen molar-refractivity contribution in [3.8, 4) is 0 Å². The average Bonchev–Trinajstić information content (AvgIpc) is 0. The second-order valence-corrected chi connectivity index (χ2v) is 0. The van der Waals surface area contributed by atoms with Gasteiger partial charge in [0.2, 0.25) is 0 Å². The van der Waals surface area contributed by atoms with E-state index in [1.54, 1.807) is 0 Å². The normalized spacial score (nSPS) is 0. The van der Waals surface area contributed by atoms with Crippen molar-refractivity contribution >= 4 is 0 Å². The largest absolute Gasteiger partial charge is 0.412 e. The van der Waals surface area contributed by atoms with Gasteiger partial charge in [0.05, 0.1) is 0 Å². The van der Waals surface area contributed by atoms with Crippen LogP contribution in [0.5, 0.6) is 0 Å². The molecule has 12 N–H and O–H groups in total. The van der Waals surface area contributed by atoms with E-state index < -0.39 is 0 Å². The van der Waals surface area contributed by atoms with Gasteiger partial charge in [0.1, 0.15) is 0 Å². The zero-order valence-electron chi connectivity index (χ0n) is 3.27. The van der Waals surface area contributed by atoms with E-state index >= 15 is 0 Å². The van der Waals surface area contributed by atoms with E-state index in [9.17, 15) is 0 Å². The quantitative estimate of drug-likeness (QED) is 0.411. The smallest absolute Gasteiger partial charge is 0 e. The number of hydrogen-bond acceptors (Lipinski definition) is 0. The van der Waals surface area contributed by atoms with Crippen molar-refractivity contribution in [3.63, 3.8) is 0 Å². The third-order valence-electron chi connectivity index (χ3n) is 0. The fourth-order valence-corrected chi connectivity index (χ4v) is 0. The Bertz CT molecular complexity index is 4.14. The SMILES string of the molecule is O.O.O.O.O.O.[Yb]. The molecular formula is H12O6Yb. The van der Waals surface area contributed by atoms with Gasteiger partial charge in [-0.2, -0.15) is 0 Å². The van der Waals surface area contributed by atoms with Gasteiger partial charge in [-0.15, -0.1) is 0 Å². The first-order chi connectivity index (χ1) is 0. The molecule has 0 amide bonds. The molecule has 0 aliphatic heterocycles. The third kappa shape index (κ3) is 124. The molecule has 0 spiro atoms. The van der Waals surface area contributed by atoms with Crippen molar-refractivity contribution < 1.29 is 79.8 Å². The molecule has 7 heteroatoms. The molecule has 0 fully saturated rings. The van der Waals surface area contributed by atoms with Gasteiger partial charge in [0, 0.05) is 46.9 Å². The molecule has 0 saturated heterocycles. The Morgan fingerprint density at radius 3 is 0.286 bits per heavy atom. The summed E-state index contributed by atoms with van der Waals surface area (Å²) in [5, 5.41) is 0. The molecule has 0 aliphatic rings. The number of rotatable bonds is 0. The summed E-state index contributed by atoms with van der Waals surface area (Å²) in [4.78, 5) is 0. The molecule has 0 aromatic carbocycles. The Labute approximate surface area is 79.0 Å². The van der Waals surface area contributed by atoms with Crippen molar-refractivity contribution in [1.29, 1.82) is 0 Å². The zero-order chi connectivity index (χ0) is 0. The van der Waals surface area contributed by atoms with Crippen LogP contribution in [-0.2, 0) is 0 Å². The first-order valence-corrected chi connectivity index (χ1v) is 0. The Morgan fingerprint density at radius 1 is 0.286 bits per heavy atom. The summed E-state index contributed by atoms with van der Waals surface area (Å²) in [5.41, 5.74) is 0. The van der Waals surface area contributed by atoms with Gasteiger partial charge >= 0.3 is 0 Å². The fraction of sp³-hybridized carbons (Fsp3) is 0. The molecule has 0 aromatic heterocycles. The first kappa shape index (κ1) is 268. The standard InChI is InChI=1S/6H2O.Yb/h6*1H2;. The second-order valence-electron chi connectivity index (χ2n) is 0. The average molecular weight is 281 g/mol. The minimum absolute atomic E-state index is 0. The van der Waals surface area contributed by atoms with Gasteiger partial charge in [0.15, 0.2) is 0 Å². The summed E-state index contributed by atoms with van der Waals surface area (Å²) in [5.74, 6) is 0. The van der Waals surface area contributed by atoms with E-state index in [0.29, 0.717) is 0 Å². The van der Waals surface area contributed by atoms with E-state index in [4.69, 9.17) is 0 Å². The summed E-state index contributed by atoms with van der Waals surface area (Å²) >= 11 is 0. The summed E-state index contributed by atoms with van der Waals surface area (Å²) in [6, 6.07) is 0. The minimum Gasteiger partial charge on any atom is -0.412 e. The molecule has 0 aromatic rings. The van der Waals surface area contributed by atoms with E-state index in [2.05, 4.69) is 0 Å². The molecule has 62 valence electrons. The maximum atomic E-state index is 0. The minimum atomic E-state index is 0. The van der Waals surface area contributed by atoms with Gasteiger partial charge in [-0.1, -0.05) is 0 Å². The fourth-order valence-electron chi connectivity index (χ4n) is 0. The molecule has 0 bridgehead atoms. The van der Waals surface area contributed by atoms with Crippen LogP contribution in [0.25, 0.3) is 0 Å². The van der Waals surface area contributed by atoms with Crippen LogP contribution in [0.3, 0.4) is 0 Å². The monoisotopic (exact) mass is 282 g/mol. The summed E-state index contributed by atoms with van der Waals surface area (Å²) in [7, 11) is 0. The van der Waals surface area contributed by atoms with Crippen LogP contribution in [0.1, 0.15) is 0 Å². The van der Waals surface area contributed by atoms with Crippen LogP contribution in [-0.4, -0.2) is 32.9 Å². The van der Waals surface area contributed by atoms with Gasteiger partial charge in [-0.3, -0.25) is 0 Å². The first-order valence-electron chi connectivity index (χ1n) is 0. The maximum absolute atomic E-state index is 0. The molecule has 0 saturated carbocycles. The van der Waals surface area contributed by atoms with E-state index in [1.165, 1.54) is 0 Å². The van der Waals surface area contributed by atoms with Gasteiger partial charge < -0.3 is 32.9 Å². The summed E-state index contributed by atoms with van der Waals surface area (Å²) < 4.78 is 0. The molecule has 0 atom stereocenters. The van der Waals surface area contributed by atoms with Crippen molar-refractivity contribution in [2.24, 2.45) is 0 Å².